The van der Waals surface area contributed by atoms with Crippen LogP contribution in [0.25, 0.3) is 0 Å². The molecule has 0 atom stereocenters. The Kier molecular flexibility index (Phi) is 4.90. The van der Waals surface area contributed by atoms with E-state index >= 15 is 0 Å². The lowest BCUT2D eigenvalue weighted by Gasteiger charge is -2.17. The minimum absolute atomic E-state index is 0.0658. The molecule has 1 aliphatic heterocycles. The van der Waals surface area contributed by atoms with Gasteiger partial charge in [0.15, 0.2) is 6.61 Å². The molecule has 2 aromatic rings. The van der Waals surface area contributed by atoms with E-state index in [0.717, 1.165) is 17.7 Å². The molecule has 0 aromatic heterocycles. The van der Waals surface area contributed by atoms with Gasteiger partial charge >= 0.3 is 0 Å². The molecule has 0 radical (unpaired) electrons. The molecule has 0 spiro atoms. The number of aryl methyl sites for hydroxylation is 1. The molecular weight excluding hydrogens is 363 g/mol. The number of nitrogens with one attached hydrogen (secondary N) is 2. The maximum Gasteiger partial charge on any atom is 0.271 e. The summed E-state index contributed by atoms with van der Waals surface area (Å²) >= 11 is 0. The van der Waals surface area contributed by atoms with E-state index in [-0.39, 0.29) is 5.91 Å². The van der Waals surface area contributed by atoms with Gasteiger partial charge in [0.2, 0.25) is 5.91 Å². The molecule has 2 aromatic carbocycles. The van der Waals surface area contributed by atoms with Gasteiger partial charge in [0.05, 0.1) is 0 Å². The molecule has 2 N–H and O–H groups in total. The highest BCUT2D eigenvalue weighted by atomic mass is 32.2. The second-order valence-corrected chi connectivity index (χ2v) is 7.27. The molecule has 2 amide bonds. The van der Waals surface area contributed by atoms with Crippen LogP contribution in [0.2, 0.25) is 0 Å². The van der Waals surface area contributed by atoms with Gasteiger partial charge in [-0.1, -0.05) is 12.1 Å². The fourth-order valence-corrected chi connectivity index (χ4v) is 3.55. The summed E-state index contributed by atoms with van der Waals surface area (Å²) < 4.78 is 44.7. The van der Waals surface area contributed by atoms with E-state index in [9.17, 15) is 22.4 Å². The summed E-state index contributed by atoms with van der Waals surface area (Å²) in [7, 11) is -4.32. The minimum Gasteiger partial charge on any atom is -0.484 e. The highest BCUT2D eigenvalue weighted by Gasteiger charge is 2.21. The number of sulfonamides is 1. The fraction of sp³-hybridized carbons (Fsp3) is 0.176. The van der Waals surface area contributed by atoms with Gasteiger partial charge in [0, 0.05) is 12.1 Å². The smallest absolute Gasteiger partial charge is 0.271 e. The summed E-state index contributed by atoms with van der Waals surface area (Å²) in [5.74, 6) is -1.59. The molecule has 7 nitrogen and oxygen atoms in total. The Morgan fingerprint density at radius 1 is 1.19 bits per heavy atom. The number of ether oxygens (including phenoxy) is 1. The lowest BCUT2D eigenvalue weighted by atomic mass is 10.0. The summed E-state index contributed by atoms with van der Waals surface area (Å²) in [6.07, 6.45) is 0.907. The highest BCUT2D eigenvalue weighted by molar-refractivity contribution is 7.90. The van der Waals surface area contributed by atoms with Crippen LogP contribution < -0.4 is 14.8 Å². The number of hydrogen-bond donors (Lipinski definition) is 2. The molecule has 0 saturated heterocycles. The Morgan fingerprint density at radius 2 is 1.96 bits per heavy atom. The van der Waals surface area contributed by atoms with Crippen molar-refractivity contribution in [3.05, 3.63) is 53.8 Å². The number of benzene rings is 2. The van der Waals surface area contributed by atoms with Crippen molar-refractivity contribution in [3.8, 4) is 5.75 Å². The van der Waals surface area contributed by atoms with Crippen molar-refractivity contribution >= 4 is 27.5 Å². The minimum atomic E-state index is -4.32. The number of rotatable bonds is 5. The second kappa shape index (κ2) is 7.12. The summed E-state index contributed by atoms with van der Waals surface area (Å²) in [5, 5.41) is 2.72. The highest BCUT2D eigenvalue weighted by Crippen LogP contribution is 2.26. The van der Waals surface area contributed by atoms with E-state index in [2.05, 4.69) is 5.32 Å². The number of amides is 2. The molecule has 1 aliphatic rings. The van der Waals surface area contributed by atoms with Crippen molar-refractivity contribution in [1.82, 2.24) is 4.72 Å². The number of fused-ring (bicyclic) bond motifs is 1. The van der Waals surface area contributed by atoms with E-state index in [1.807, 2.05) is 0 Å². The maximum atomic E-state index is 13.6. The molecule has 1 heterocycles. The lowest BCUT2D eigenvalue weighted by Crippen LogP contribution is -2.34. The predicted octanol–water partition coefficient (Wildman–Crippen LogP) is 1.59. The SMILES string of the molecule is O=C1CCc2cc(OCC(=O)NS(=O)(=O)c3ccccc3F)ccc2N1. The van der Waals surface area contributed by atoms with E-state index in [1.54, 1.807) is 22.9 Å². The normalized spacial score (nSPS) is 13.5. The first kappa shape index (κ1) is 17.9. The molecule has 0 saturated carbocycles. The van der Waals surface area contributed by atoms with Gasteiger partial charge in [-0.2, -0.15) is 0 Å². The largest absolute Gasteiger partial charge is 0.484 e. The van der Waals surface area contributed by atoms with Crippen molar-refractivity contribution in [2.24, 2.45) is 0 Å². The van der Waals surface area contributed by atoms with Crippen molar-refractivity contribution in [3.63, 3.8) is 0 Å². The average molecular weight is 378 g/mol. The molecule has 3 rings (SSSR count). The van der Waals surface area contributed by atoms with E-state index in [1.165, 1.54) is 12.1 Å². The summed E-state index contributed by atoms with van der Waals surface area (Å²) in [4.78, 5) is 22.6. The Labute approximate surface area is 149 Å². The summed E-state index contributed by atoms with van der Waals surface area (Å²) in [6.45, 7) is -0.557. The fourth-order valence-electron chi connectivity index (χ4n) is 2.50. The Hall–Kier alpha value is -2.94. The molecule has 26 heavy (non-hydrogen) atoms. The van der Waals surface area contributed by atoms with Crippen molar-refractivity contribution < 1.29 is 27.1 Å². The van der Waals surface area contributed by atoms with Gasteiger partial charge in [-0.05, 0) is 42.3 Å². The van der Waals surface area contributed by atoms with E-state index in [0.29, 0.717) is 24.3 Å². The third-order valence-electron chi connectivity index (χ3n) is 3.72. The van der Waals surface area contributed by atoms with Crippen LogP contribution in [0.3, 0.4) is 0 Å². The van der Waals surface area contributed by atoms with Crippen LogP contribution in [-0.4, -0.2) is 26.8 Å². The zero-order valence-electron chi connectivity index (χ0n) is 13.5. The second-order valence-electron chi connectivity index (χ2n) is 5.61. The number of halogens is 1. The Balaban J connectivity index is 1.63. The third kappa shape index (κ3) is 3.99. The van der Waals surface area contributed by atoms with Crippen LogP contribution in [0.4, 0.5) is 10.1 Å². The standard InChI is InChI=1S/C17H15FN2O5S/c18-13-3-1-2-4-15(13)26(23,24)20-17(22)10-25-12-6-7-14-11(9-12)5-8-16(21)19-14/h1-4,6-7,9H,5,8,10H2,(H,19,21)(H,20,22). The van der Waals surface area contributed by atoms with Gasteiger partial charge in [0.25, 0.3) is 15.9 Å². The van der Waals surface area contributed by atoms with Gasteiger partial charge in [-0.15, -0.1) is 0 Å². The molecule has 0 aliphatic carbocycles. The molecule has 0 fully saturated rings. The van der Waals surface area contributed by atoms with Crippen LogP contribution >= 0.6 is 0 Å². The van der Waals surface area contributed by atoms with Crippen LogP contribution in [0.15, 0.2) is 47.4 Å². The Morgan fingerprint density at radius 3 is 2.73 bits per heavy atom. The Bertz CT molecular complexity index is 975. The van der Waals surface area contributed by atoms with Gasteiger partial charge in [0.1, 0.15) is 16.5 Å². The molecule has 136 valence electrons. The van der Waals surface area contributed by atoms with Crippen LogP contribution in [0, 0.1) is 5.82 Å². The van der Waals surface area contributed by atoms with E-state index < -0.39 is 33.3 Å². The number of hydrogen-bond acceptors (Lipinski definition) is 5. The van der Waals surface area contributed by atoms with Crippen molar-refractivity contribution in [1.29, 1.82) is 0 Å². The van der Waals surface area contributed by atoms with Gasteiger partial charge < -0.3 is 10.1 Å². The van der Waals surface area contributed by atoms with Crippen molar-refractivity contribution in [2.75, 3.05) is 11.9 Å². The lowest BCUT2D eigenvalue weighted by molar-refractivity contribution is -0.121. The molecule has 9 heteroatoms. The first-order chi connectivity index (χ1) is 12.3. The summed E-state index contributed by atoms with van der Waals surface area (Å²) in [5.41, 5.74) is 1.54. The maximum absolute atomic E-state index is 13.6. The average Bonchev–Trinajstić information content (AvgIpc) is 2.59. The summed E-state index contributed by atoms with van der Waals surface area (Å²) in [6, 6.07) is 9.62. The van der Waals surface area contributed by atoms with E-state index in [4.69, 9.17) is 4.74 Å². The van der Waals surface area contributed by atoms with Crippen LogP contribution in [0.5, 0.6) is 5.75 Å². The zero-order chi connectivity index (χ0) is 18.7. The molecule has 0 bridgehead atoms. The van der Waals surface area contributed by atoms with Gasteiger partial charge in [-0.25, -0.2) is 17.5 Å². The van der Waals surface area contributed by atoms with Gasteiger partial charge in [-0.3, -0.25) is 9.59 Å². The quantitative estimate of drug-likeness (QED) is 0.823. The monoisotopic (exact) mass is 378 g/mol. The first-order valence-electron chi connectivity index (χ1n) is 7.71. The predicted molar refractivity (Wildman–Crippen MR) is 90.6 cm³/mol. The van der Waals surface area contributed by atoms with Crippen LogP contribution in [0.1, 0.15) is 12.0 Å². The number of carbonyl (C=O) groups is 2. The third-order valence-corrected chi connectivity index (χ3v) is 5.12. The first-order valence-corrected chi connectivity index (χ1v) is 9.19. The molecular formula is C17H15FN2O5S. The molecule has 0 unspecified atom stereocenters. The topological polar surface area (TPSA) is 102 Å². The van der Waals surface area contributed by atoms with Crippen molar-refractivity contribution in [2.45, 2.75) is 17.7 Å². The zero-order valence-corrected chi connectivity index (χ0v) is 14.3. The number of carbonyl (C=O) groups excluding carboxylic acids is 2. The number of anilines is 1. The van der Waals surface area contributed by atoms with Crippen LogP contribution in [-0.2, 0) is 26.0 Å².